The van der Waals surface area contributed by atoms with Crippen molar-refractivity contribution in [3.63, 3.8) is 0 Å². The zero-order valence-corrected chi connectivity index (χ0v) is 19.4. The average Bonchev–Trinajstić information content (AvgIpc) is 2.50. The second-order valence-electron chi connectivity index (χ2n) is 10.7. The Morgan fingerprint density at radius 1 is 1.00 bits per heavy atom. The van der Waals surface area contributed by atoms with E-state index < -0.39 is 23.9 Å². The number of amides is 1. The molecule has 29 heavy (non-hydrogen) atoms. The van der Waals surface area contributed by atoms with E-state index >= 15 is 0 Å². The van der Waals surface area contributed by atoms with Gasteiger partial charge in [0.1, 0.15) is 17.5 Å². The van der Waals surface area contributed by atoms with E-state index in [2.05, 4.69) is 26.1 Å². The number of aliphatic hydroxyl groups is 2. The van der Waals surface area contributed by atoms with Crippen LogP contribution in [0.1, 0.15) is 91.5 Å². The summed E-state index contributed by atoms with van der Waals surface area (Å²) in [5, 5.41) is 34.6. The lowest BCUT2D eigenvalue weighted by atomic mass is 9.78. The zero-order valence-electron chi connectivity index (χ0n) is 19.4. The highest BCUT2D eigenvalue weighted by Crippen LogP contribution is 2.40. The Balaban J connectivity index is 3.02. The lowest BCUT2D eigenvalue weighted by Gasteiger charge is -2.29. The first-order valence-corrected chi connectivity index (χ1v) is 10.1. The maximum atomic E-state index is 11.7. The minimum Gasteiger partial charge on any atom is -0.507 e. The van der Waals surface area contributed by atoms with Crippen LogP contribution in [0, 0.1) is 0 Å². The number of hydrogen-bond donors (Lipinski definition) is 4. The SMILES string of the molecule is CC(C)(C)OC(=O)NCCC(O)C(O)c1cc(C(C)(C)C)cc(C(C)(C)C)c1O. The van der Waals surface area contributed by atoms with E-state index in [1.807, 2.05) is 26.8 Å². The van der Waals surface area contributed by atoms with Crippen LogP contribution in [0.2, 0.25) is 0 Å². The molecule has 1 rings (SSSR count). The van der Waals surface area contributed by atoms with E-state index in [0.717, 1.165) is 11.1 Å². The highest BCUT2D eigenvalue weighted by Gasteiger charge is 2.29. The second kappa shape index (κ2) is 8.92. The summed E-state index contributed by atoms with van der Waals surface area (Å²) in [6, 6.07) is 3.71. The number of phenols is 1. The number of rotatable bonds is 5. The highest BCUT2D eigenvalue weighted by atomic mass is 16.6. The molecule has 0 saturated heterocycles. The van der Waals surface area contributed by atoms with Crippen LogP contribution in [0.25, 0.3) is 0 Å². The molecule has 0 fully saturated rings. The first kappa shape index (κ1) is 25.2. The number of carbonyl (C=O) groups is 1. The molecular formula is C23H39NO5. The molecule has 1 amide bonds. The normalized spacial score (nSPS) is 15.0. The van der Waals surface area contributed by atoms with Gasteiger partial charge in [0.25, 0.3) is 0 Å². The summed E-state index contributed by atoms with van der Waals surface area (Å²) in [5.41, 5.74) is 0.859. The van der Waals surface area contributed by atoms with Gasteiger partial charge in [0.15, 0.2) is 0 Å². The largest absolute Gasteiger partial charge is 0.507 e. The van der Waals surface area contributed by atoms with E-state index in [-0.39, 0.29) is 29.5 Å². The molecule has 0 aromatic heterocycles. The van der Waals surface area contributed by atoms with Crippen LogP contribution in [0.4, 0.5) is 4.79 Å². The minimum absolute atomic E-state index is 0.00264. The van der Waals surface area contributed by atoms with Gasteiger partial charge in [0.05, 0.1) is 6.10 Å². The molecule has 0 saturated carbocycles. The maximum Gasteiger partial charge on any atom is 0.407 e. The zero-order chi connectivity index (χ0) is 22.8. The Labute approximate surface area is 175 Å². The maximum absolute atomic E-state index is 11.7. The Hall–Kier alpha value is -1.79. The van der Waals surface area contributed by atoms with E-state index in [4.69, 9.17) is 4.74 Å². The van der Waals surface area contributed by atoms with Crippen LogP contribution in [-0.2, 0) is 15.6 Å². The minimum atomic E-state index is -1.28. The molecule has 0 aliphatic rings. The topological polar surface area (TPSA) is 99.0 Å². The molecule has 0 radical (unpaired) electrons. The first-order chi connectivity index (χ1) is 12.9. The third kappa shape index (κ3) is 7.52. The van der Waals surface area contributed by atoms with Gasteiger partial charge in [-0.2, -0.15) is 0 Å². The molecule has 1 aromatic carbocycles. The quantitative estimate of drug-likeness (QED) is 0.581. The fraction of sp³-hybridized carbons (Fsp3) is 0.696. The Morgan fingerprint density at radius 3 is 2.00 bits per heavy atom. The smallest absolute Gasteiger partial charge is 0.407 e. The number of alkyl carbamates (subject to hydrolysis) is 1. The predicted molar refractivity (Wildman–Crippen MR) is 115 cm³/mol. The molecule has 0 heterocycles. The fourth-order valence-corrected chi connectivity index (χ4v) is 2.89. The summed E-state index contributed by atoms with van der Waals surface area (Å²) in [4.78, 5) is 11.7. The van der Waals surface area contributed by atoms with Gasteiger partial charge in [-0.05, 0) is 55.2 Å². The molecule has 4 N–H and O–H groups in total. The van der Waals surface area contributed by atoms with Gasteiger partial charge in [0, 0.05) is 12.1 Å². The predicted octanol–water partition coefficient (Wildman–Crippen LogP) is 4.30. The molecule has 0 spiro atoms. The van der Waals surface area contributed by atoms with Gasteiger partial charge in [-0.15, -0.1) is 0 Å². The Kier molecular flexibility index (Phi) is 7.77. The molecule has 2 unspecified atom stereocenters. The van der Waals surface area contributed by atoms with E-state index in [1.165, 1.54) is 0 Å². The van der Waals surface area contributed by atoms with Crippen molar-refractivity contribution < 1.29 is 24.9 Å². The van der Waals surface area contributed by atoms with Gasteiger partial charge in [-0.3, -0.25) is 0 Å². The molecule has 1 aromatic rings. The van der Waals surface area contributed by atoms with E-state index in [0.29, 0.717) is 5.56 Å². The standard InChI is InChI=1S/C23H39NO5/c1-21(2,3)14-12-15(18(26)16(13-14)22(4,5)6)19(27)17(25)10-11-24-20(28)29-23(7,8)9/h12-13,17,19,25-27H,10-11H2,1-9H3,(H,24,28). The van der Waals surface area contributed by atoms with Crippen LogP contribution < -0.4 is 5.32 Å². The summed E-state index contributed by atoms with van der Waals surface area (Å²) in [7, 11) is 0. The molecule has 0 aliphatic carbocycles. The fourth-order valence-electron chi connectivity index (χ4n) is 2.89. The van der Waals surface area contributed by atoms with E-state index in [1.54, 1.807) is 26.8 Å². The molecule has 0 aliphatic heterocycles. The monoisotopic (exact) mass is 409 g/mol. The van der Waals surface area contributed by atoms with Gasteiger partial charge < -0.3 is 25.4 Å². The number of ether oxygens (including phenoxy) is 1. The first-order valence-electron chi connectivity index (χ1n) is 10.1. The number of aliphatic hydroxyl groups excluding tert-OH is 2. The van der Waals surface area contributed by atoms with Crippen molar-refractivity contribution in [2.45, 2.75) is 97.4 Å². The summed E-state index contributed by atoms with van der Waals surface area (Å²) in [6.45, 7) is 17.6. The van der Waals surface area contributed by atoms with Crippen molar-refractivity contribution in [3.05, 3.63) is 28.8 Å². The van der Waals surface area contributed by atoms with Gasteiger partial charge >= 0.3 is 6.09 Å². The van der Waals surface area contributed by atoms with Crippen molar-refractivity contribution in [2.24, 2.45) is 0 Å². The molecule has 6 nitrogen and oxygen atoms in total. The van der Waals surface area contributed by atoms with Crippen LogP contribution in [0.5, 0.6) is 5.75 Å². The number of benzene rings is 1. The van der Waals surface area contributed by atoms with Crippen LogP contribution >= 0.6 is 0 Å². The third-order valence-corrected chi connectivity index (χ3v) is 4.60. The van der Waals surface area contributed by atoms with E-state index in [9.17, 15) is 20.1 Å². The van der Waals surface area contributed by atoms with Crippen molar-refractivity contribution in [2.75, 3.05) is 6.54 Å². The molecule has 6 heteroatoms. The number of hydrogen-bond acceptors (Lipinski definition) is 5. The van der Waals surface area contributed by atoms with Gasteiger partial charge in [0.2, 0.25) is 0 Å². The number of aromatic hydroxyl groups is 1. The number of phenolic OH excluding ortho intramolecular Hbond substituents is 1. The lowest BCUT2D eigenvalue weighted by Crippen LogP contribution is -2.34. The van der Waals surface area contributed by atoms with Crippen molar-refractivity contribution in [1.29, 1.82) is 0 Å². The van der Waals surface area contributed by atoms with Crippen LogP contribution in [0.3, 0.4) is 0 Å². The van der Waals surface area contributed by atoms with Crippen molar-refractivity contribution in [1.82, 2.24) is 5.32 Å². The van der Waals surface area contributed by atoms with Gasteiger partial charge in [-0.1, -0.05) is 47.6 Å². The highest BCUT2D eigenvalue weighted by molar-refractivity contribution is 5.67. The van der Waals surface area contributed by atoms with Gasteiger partial charge in [-0.25, -0.2) is 4.79 Å². The Morgan fingerprint density at radius 2 is 1.55 bits per heavy atom. The third-order valence-electron chi connectivity index (χ3n) is 4.60. The van der Waals surface area contributed by atoms with Crippen LogP contribution in [0.15, 0.2) is 12.1 Å². The molecule has 2 atom stereocenters. The second-order valence-corrected chi connectivity index (χ2v) is 10.7. The summed E-state index contributed by atoms with van der Waals surface area (Å²) in [6.07, 6.45) is -2.89. The van der Waals surface area contributed by atoms with Crippen molar-refractivity contribution >= 4 is 6.09 Å². The number of carbonyl (C=O) groups excluding carboxylic acids is 1. The van der Waals surface area contributed by atoms with Crippen LogP contribution in [-0.4, -0.2) is 39.7 Å². The lowest BCUT2D eigenvalue weighted by molar-refractivity contribution is 0.0109. The average molecular weight is 410 g/mol. The summed E-state index contributed by atoms with van der Waals surface area (Å²) >= 11 is 0. The molecular weight excluding hydrogens is 370 g/mol. The molecule has 0 bridgehead atoms. The van der Waals surface area contributed by atoms with Crippen molar-refractivity contribution in [3.8, 4) is 5.75 Å². The summed E-state index contributed by atoms with van der Waals surface area (Å²) in [5.74, 6) is -0.00264. The number of nitrogens with one attached hydrogen (secondary N) is 1. The summed E-state index contributed by atoms with van der Waals surface area (Å²) < 4.78 is 5.16. The molecule has 166 valence electrons. The Bertz CT molecular complexity index is 708.